The first-order chi connectivity index (χ1) is 12.1. The van der Waals surface area contributed by atoms with Gasteiger partial charge >= 0.3 is 0 Å². The van der Waals surface area contributed by atoms with E-state index in [4.69, 9.17) is 4.74 Å². The molecule has 0 heterocycles. The third-order valence-corrected chi connectivity index (χ3v) is 6.01. The van der Waals surface area contributed by atoms with E-state index < -0.39 is 0 Å². The Morgan fingerprint density at radius 1 is 1.12 bits per heavy atom. The molecule has 0 atom stereocenters. The number of ether oxygens (including phenoxy) is 1. The van der Waals surface area contributed by atoms with Gasteiger partial charge in [-0.1, -0.05) is 18.6 Å². The van der Waals surface area contributed by atoms with Crippen molar-refractivity contribution in [3.05, 3.63) is 35.6 Å². The van der Waals surface area contributed by atoms with Crippen molar-refractivity contribution in [2.24, 2.45) is 10.4 Å². The second-order valence-electron chi connectivity index (χ2n) is 7.66. The topological polar surface area (TPSA) is 45.7 Å². The van der Waals surface area contributed by atoms with Crippen LogP contribution in [0.3, 0.4) is 0 Å². The molecule has 25 heavy (non-hydrogen) atoms. The Morgan fingerprint density at radius 2 is 1.80 bits per heavy atom. The van der Waals surface area contributed by atoms with Gasteiger partial charge in [0.2, 0.25) is 0 Å². The number of halogens is 1. The van der Waals surface area contributed by atoms with Crippen LogP contribution in [0, 0.1) is 11.2 Å². The highest BCUT2D eigenvalue weighted by Gasteiger charge is 2.44. The molecule has 0 amide bonds. The lowest BCUT2D eigenvalue weighted by molar-refractivity contribution is 0.0732. The van der Waals surface area contributed by atoms with E-state index in [-0.39, 0.29) is 11.2 Å². The smallest absolute Gasteiger partial charge is 0.191 e. The molecule has 0 unspecified atom stereocenters. The van der Waals surface area contributed by atoms with E-state index in [0.29, 0.717) is 5.41 Å². The molecule has 0 aromatic heterocycles. The zero-order chi connectivity index (χ0) is 17.8. The SMILES string of the molecule is CN=C(NCC1(CCOC)CCC1)NCC1(c2ccc(F)cc2)CC1. The van der Waals surface area contributed by atoms with E-state index in [2.05, 4.69) is 15.6 Å². The summed E-state index contributed by atoms with van der Waals surface area (Å²) in [6, 6.07) is 6.93. The largest absolute Gasteiger partial charge is 0.385 e. The summed E-state index contributed by atoms with van der Waals surface area (Å²) < 4.78 is 18.4. The second-order valence-corrected chi connectivity index (χ2v) is 7.66. The molecule has 0 spiro atoms. The van der Waals surface area contributed by atoms with Crippen LogP contribution in [0.1, 0.15) is 44.1 Å². The average Bonchev–Trinajstić information content (AvgIpc) is 3.38. The van der Waals surface area contributed by atoms with E-state index in [1.807, 2.05) is 19.2 Å². The van der Waals surface area contributed by atoms with E-state index in [1.54, 1.807) is 19.2 Å². The van der Waals surface area contributed by atoms with Crippen LogP contribution in [0.15, 0.2) is 29.3 Å². The summed E-state index contributed by atoms with van der Waals surface area (Å²) in [5, 5.41) is 6.98. The van der Waals surface area contributed by atoms with Crippen molar-refractivity contribution in [1.82, 2.24) is 10.6 Å². The molecular weight excluding hydrogens is 317 g/mol. The summed E-state index contributed by atoms with van der Waals surface area (Å²) in [7, 11) is 3.58. The van der Waals surface area contributed by atoms with Gasteiger partial charge in [0.25, 0.3) is 0 Å². The van der Waals surface area contributed by atoms with Crippen molar-refractivity contribution in [2.75, 3.05) is 33.9 Å². The fourth-order valence-electron chi connectivity index (χ4n) is 3.78. The number of benzene rings is 1. The number of guanidine groups is 1. The van der Waals surface area contributed by atoms with Crippen LogP contribution >= 0.6 is 0 Å². The number of nitrogens with zero attached hydrogens (tertiary/aromatic N) is 1. The Bertz CT molecular complexity index is 591. The van der Waals surface area contributed by atoms with Gasteiger partial charge in [-0.25, -0.2) is 4.39 Å². The molecule has 2 fully saturated rings. The minimum absolute atomic E-state index is 0.134. The molecular formula is C20H30FN3O. The van der Waals surface area contributed by atoms with Gasteiger partial charge in [-0.05, 0) is 55.2 Å². The summed E-state index contributed by atoms with van der Waals surface area (Å²) >= 11 is 0. The normalized spacial score (nSPS) is 20.7. The fraction of sp³-hybridized carbons (Fsp3) is 0.650. The molecule has 2 N–H and O–H groups in total. The van der Waals surface area contributed by atoms with Crippen molar-refractivity contribution < 1.29 is 9.13 Å². The number of methoxy groups -OCH3 is 1. The summed E-state index contributed by atoms with van der Waals surface area (Å²) in [6.07, 6.45) is 7.22. The van der Waals surface area contributed by atoms with Crippen LogP contribution in [0.4, 0.5) is 4.39 Å². The van der Waals surface area contributed by atoms with E-state index in [9.17, 15) is 4.39 Å². The van der Waals surface area contributed by atoms with Gasteiger partial charge < -0.3 is 15.4 Å². The maximum absolute atomic E-state index is 13.1. The average molecular weight is 347 g/mol. The van der Waals surface area contributed by atoms with Crippen LogP contribution in [0.5, 0.6) is 0 Å². The monoisotopic (exact) mass is 347 g/mol. The van der Waals surface area contributed by atoms with E-state index >= 15 is 0 Å². The van der Waals surface area contributed by atoms with Crippen LogP contribution in [-0.4, -0.2) is 39.8 Å². The van der Waals surface area contributed by atoms with Crippen LogP contribution in [0.25, 0.3) is 0 Å². The number of hydrogen-bond donors (Lipinski definition) is 2. The molecule has 4 nitrogen and oxygen atoms in total. The maximum Gasteiger partial charge on any atom is 0.191 e. The number of hydrogen-bond acceptors (Lipinski definition) is 2. The summed E-state index contributed by atoms with van der Waals surface area (Å²) in [5.74, 6) is 0.684. The molecule has 1 aromatic rings. The van der Waals surface area contributed by atoms with Gasteiger partial charge in [-0.3, -0.25) is 4.99 Å². The first-order valence-corrected chi connectivity index (χ1v) is 9.31. The van der Waals surface area contributed by atoms with Crippen LogP contribution in [0.2, 0.25) is 0 Å². The van der Waals surface area contributed by atoms with Gasteiger partial charge in [0.05, 0.1) is 0 Å². The summed E-state index contributed by atoms with van der Waals surface area (Å²) in [6.45, 7) is 2.60. The Morgan fingerprint density at radius 3 is 2.32 bits per heavy atom. The molecule has 0 saturated heterocycles. The lowest BCUT2D eigenvalue weighted by Gasteiger charge is -2.42. The lowest BCUT2D eigenvalue weighted by Crippen LogP contribution is -2.48. The standard InChI is InChI=1S/C20H30FN3O/c1-22-18(23-14-19(8-3-9-19)12-13-25-2)24-15-20(10-11-20)16-4-6-17(21)7-5-16/h4-7H,3,8-15H2,1-2H3,(H2,22,23,24). The van der Waals surface area contributed by atoms with Gasteiger partial charge in [-0.2, -0.15) is 0 Å². The van der Waals surface area contributed by atoms with E-state index in [1.165, 1.54) is 24.8 Å². The van der Waals surface area contributed by atoms with Crippen molar-refractivity contribution in [3.63, 3.8) is 0 Å². The quantitative estimate of drug-likeness (QED) is 0.561. The maximum atomic E-state index is 13.1. The van der Waals surface area contributed by atoms with Crippen molar-refractivity contribution in [3.8, 4) is 0 Å². The Kier molecular flexibility index (Phi) is 5.62. The number of nitrogens with one attached hydrogen (secondary N) is 2. The third kappa shape index (κ3) is 4.32. The van der Waals surface area contributed by atoms with Crippen LogP contribution < -0.4 is 10.6 Å². The lowest BCUT2D eigenvalue weighted by atomic mass is 9.67. The zero-order valence-electron chi connectivity index (χ0n) is 15.4. The predicted octanol–water partition coefficient (Wildman–Crippen LogP) is 3.23. The minimum Gasteiger partial charge on any atom is -0.385 e. The highest BCUT2D eigenvalue weighted by atomic mass is 19.1. The van der Waals surface area contributed by atoms with Gasteiger partial charge in [-0.15, -0.1) is 0 Å². The minimum atomic E-state index is -0.174. The first-order valence-electron chi connectivity index (χ1n) is 9.31. The van der Waals surface area contributed by atoms with Gasteiger partial charge in [0.15, 0.2) is 5.96 Å². The first kappa shape index (κ1) is 18.2. The van der Waals surface area contributed by atoms with Crippen molar-refractivity contribution in [1.29, 1.82) is 0 Å². The summed E-state index contributed by atoms with van der Waals surface area (Å²) in [5.41, 5.74) is 1.71. The molecule has 2 aliphatic rings. The van der Waals surface area contributed by atoms with Crippen LogP contribution in [-0.2, 0) is 10.2 Å². The highest BCUT2D eigenvalue weighted by molar-refractivity contribution is 5.79. The molecule has 2 saturated carbocycles. The number of aliphatic imine (C=N–C) groups is 1. The van der Waals surface area contributed by atoms with Gasteiger partial charge in [0, 0.05) is 39.3 Å². The molecule has 3 rings (SSSR count). The second kappa shape index (κ2) is 7.73. The summed E-state index contributed by atoms with van der Waals surface area (Å²) in [4.78, 5) is 4.37. The zero-order valence-corrected chi connectivity index (χ0v) is 15.4. The Labute approximate surface area is 150 Å². The molecule has 138 valence electrons. The Balaban J connectivity index is 1.50. The van der Waals surface area contributed by atoms with Crippen molar-refractivity contribution >= 4 is 5.96 Å². The molecule has 5 heteroatoms. The third-order valence-electron chi connectivity index (χ3n) is 6.01. The molecule has 2 aliphatic carbocycles. The molecule has 0 bridgehead atoms. The molecule has 1 aromatic carbocycles. The van der Waals surface area contributed by atoms with Gasteiger partial charge in [0.1, 0.15) is 5.82 Å². The predicted molar refractivity (Wildman–Crippen MR) is 99.5 cm³/mol. The Hall–Kier alpha value is -1.62. The van der Waals surface area contributed by atoms with E-state index in [0.717, 1.165) is 44.9 Å². The molecule has 0 radical (unpaired) electrons. The number of rotatable bonds is 8. The highest BCUT2D eigenvalue weighted by Crippen LogP contribution is 2.47. The fourth-order valence-corrected chi connectivity index (χ4v) is 3.78. The molecule has 0 aliphatic heterocycles. The van der Waals surface area contributed by atoms with Crippen molar-refractivity contribution in [2.45, 2.75) is 43.9 Å².